The third-order valence-corrected chi connectivity index (χ3v) is 8.82. The van der Waals surface area contributed by atoms with Crippen LogP contribution < -0.4 is 0 Å². The standard InChI is InChI=1S/C16H27N2O3P/c1-12-13(11-21-16(12)19)7-6-10-22(20)17(2)14-8-4-5-9-15(14)18(22)3/h6,10,12-15H,4-5,7-9,11H2,1-3H3/b10-6+/t12-,13+,14+,15+/m0/s1. The molecule has 3 aliphatic rings. The third-order valence-electron chi connectivity index (χ3n) is 5.81. The molecule has 1 aliphatic carbocycles. The summed E-state index contributed by atoms with van der Waals surface area (Å²) >= 11 is 0. The van der Waals surface area contributed by atoms with E-state index in [2.05, 4.69) is 9.34 Å². The van der Waals surface area contributed by atoms with Gasteiger partial charge in [0, 0.05) is 23.8 Å². The number of hydrogen-bond donors (Lipinski definition) is 0. The number of esters is 1. The molecule has 0 amide bonds. The van der Waals surface area contributed by atoms with E-state index in [1.807, 2.05) is 32.9 Å². The van der Waals surface area contributed by atoms with Crippen LogP contribution in [-0.2, 0) is 14.1 Å². The zero-order valence-electron chi connectivity index (χ0n) is 13.8. The fraction of sp³-hybridized carbons (Fsp3) is 0.812. The summed E-state index contributed by atoms with van der Waals surface area (Å²) in [5, 5.41) is 0. The van der Waals surface area contributed by atoms with Crippen molar-refractivity contribution in [1.29, 1.82) is 0 Å². The van der Waals surface area contributed by atoms with Crippen molar-refractivity contribution in [3.05, 3.63) is 11.9 Å². The highest BCUT2D eigenvalue weighted by molar-refractivity contribution is 7.62. The van der Waals surface area contributed by atoms with Gasteiger partial charge in [0.2, 0.25) is 7.44 Å². The lowest BCUT2D eigenvalue weighted by molar-refractivity contribution is -0.140. The Labute approximate surface area is 133 Å². The minimum atomic E-state index is -2.59. The Bertz CT molecular complexity index is 500. The van der Waals surface area contributed by atoms with Crippen LogP contribution in [0.1, 0.15) is 39.0 Å². The Hall–Kier alpha value is -0.640. The van der Waals surface area contributed by atoms with Crippen LogP contribution in [0.4, 0.5) is 0 Å². The van der Waals surface area contributed by atoms with E-state index in [-0.39, 0.29) is 17.8 Å². The molecule has 2 aliphatic heterocycles. The predicted octanol–water partition coefficient (Wildman–Crippen LogP) is 3.08. The first-order valence-electron chi connectivity index (χ1n) is 8.36. The van der Waals surface area contributed by atoms with E-state index in [1.165, 1.54) is 12.8 Å². The summed E-state index contributed by atoms with van der Waals surface area (Å²) < 4.78 is 22.7. The molecule has 0 aromatic heterocycles. The van der Waals surface area contributed by atoms with Crippen molar-refractivity contribution in [1.82, 2.24) is 9.34 Å². The number of likely N-dealkylation sites (N-methyl/N-ethyl adjacent to an activating group) is 2. The molecule has 2 heterocycles. The van der Waals surface area contributed by atoms with E-state index in [0.717, 1.165) is 19.3 Å². The van der Waals surface area contributed by atoms with E-state index >= 15 is 0 Å². The Morgan fingerprint density at radius 2 is 1.82 bits per heavy atom. The summed E-state index contributed by atoms with van der Waals surface area (Å²) in [5.74, 6) is 1.97. The first-order chi connectivity index (χ1) is 10.4. The van der Waals surface area contributed by atoms with Gasteiger partial charge in [0.25, 0.3) is 0 Å². The van der Waals surface area contributed by atoms with Gasteiger partial charge in [-0.05, 0) is 33.4 Å². The second-order valence-electron chi connectivity index (χ2n) is 6.95. The number of ether oxygens (including phenoxy) is 1. The molecule has 3 rings (SSSR count). The minimum Gasteiger partial charge on any atom is -0.465 e. The van der Waals surface area contributed by atoms with Gasteiger partial charge in [0.05, 0.1) is 12.5 Å². The zero-order chi connectivity index (χ0) is 15.9. The highest BCUT2D eigenvalue weighted by Crippen LogP contribution is 2.62. The van der Waals surface area contributed by atoms with Gasteiger partial charge in [0.1, 0.15) is 0 Å². The average molecular weight is 326 g/mol. The van der Waals surface area contributed by atoms with Gasteiger partial charge in [-0.2, -0.15) is 0 Å². The molecule has 0 aromatic carbocycles. The lowest BCUT2D eigenvalue weighted by atomic mass is 9.91. The molecule has 0 spiro atoms. The fourth-order valence-corrected chi connectivity index (χ4v) is 6.77. The smallest absolute Gasteiger partial charge is 0.309 e. The monoisotopic (exact) mass is 326 g/mol. The lowest BCUT2D eigenvalue weighted by Crippen LogP contribution is -2.37. The van der Waals surface area contributed by atoms with Crippen molar-refractivity contribution in [2.24, 2.45) is 11.8 Å². The Balaban J connectivity index is 1.69. The van der Waals surface area contributed by atoms with Crippen LogP contribution >= 0.6 is 7.44 Å². The van der Waals surface area contributed by atoms with Gasteiger partial charge >= 0.3 is 5.97 Å². The molecule has 22 heavy (non-hydrogen) atoms. The molecule has 3 fully saturated rings. The Morgan fingerprint density at radius 3 is 2.32 bits per heavy atom. The van der Waals surface area contributed by atoms with Gasteiger partial charge in [0.15, 0.2) is 0 Å². The maximum Gasteiger partial charge on any atom is 0.309 e. The number of allylic oxidation sites excluding steroid dienone is 1. The van der Waals surface area contributed by atoms with Crippen molar-refractivity contribution in [2.45, 2.75) is 51.1 Å². The van der Waals surface area contributed by atoms with E-state index in [1.54, 1.807) is 0 Å². The van der Waals surface area contributed by atoms with Crippen molar-refractivity contribution in [3.8, 4) is 0 Å². The van der Waals surface area contributed by atoms with E-state index in [4.69, 9.17) is 4.74 Å². The summed E-state index contributed by atoms with van der Waals surface area (Å²) in [6.45, 7) is 2.41. The molecular weight excluding hydrogens is 299 g/mol. The molecule has 4 atom stereocenters. The summed E-state index contributed by atoms with van der Waals surface area (Å²) in [6.07, 6.45) is 7.53. The van der Waals surface area contributed by atoms with E-state index < -0.39 is 7.44 Å². The second-order valence-corrected chi connectivity index (χ2v) is 9.69. The summed E-state index contributed by atoms with van der Waals surface area (Å²) in [7, 11) is 1.42. The van der Waals surface area contributed by atoms with E-state index in [0.29, 0.717) is 18.7 Å². The number of hydrogen-bond acceptors (Lipinski definition) is 3. The van der Waals surface area contributed by atoms with Gasteiger partial charge < -0.3 is 4.74 Å². The zero-order valence-corrected chi connectivity index (χ0v) is 14.7. The van der Waals surface area contributed by atoms with Crippen LogP contribution in [0.25, 0.3) is 0 Å². The van der Waals surface area contributed by atoms with Crippen LogP contribution in [0.15, 0.2) is 11.9 Å². The van der Waals surface area contributed by atoms with Gasteiger partial charge in [-0.1, -0.05) is 25.8 Å². The van der Waals surface area contributed by atoms with Crippen LogP contribution in [0.2, 0.25) is 0 Å². The number of rotatable bonds is 3. The molecule has 1 saturated carbocycles. The largest absolute Gasteiger partial charge is 0.465 e. The molecule has 0 aromatic rings. The Kier molecular flexibility index (Phi) is 4.50. The number of nitrogens with zero attached hydrogens (tertiary/aromatic N) is 2. The first kappa shape index (κ1) is 16.2. The van der Waals surface area contributed by atoms with E-state index in [9.17, 15) is 9.36 Å². The van der Waals surface area contributed by atoms with Crippen molar-refractivity contribution in [2.75, 3.05) is 20.7 Å². The van der Waals surface area contributed by atoms with Crippen LogP contribution in [0, 0.1) is 11.8 Å². The van der Waals surface area contributed by atoms with Crippen molar-refractivity contribution in [3.63, 3.8) is 0 Å². The normalized spacial score (nSPS) is 39.3. The number of cyclic esters (lactones) is 1. The molecule has 5 nitrogen and oxygen atoms in total. The molecule has 0 radical (unpaired) electrons. The highest BCUT2D eigenvalue weighted by Gasteiger charge is 2.50. The number of carbonyl (C=O) groups is 1. The summed E-state index contributed by atoms with van der Waals surface area (Å²) in [4.78, 5) is 11.4. The maximum atomic E-state index is 13.4. The Morgan fingerprint density at radius 1 is 1.23 bits per heavy atom. The topological polar surface area (TPSA) is 49.9 Å². The molecular formula is C16H27N2O3P. The van der Waals surface area contributed by atoms with Gasteiger partial charge in [-0.3, -0.25) is 9.36 Å². The summed E-state index contributed by atoms with van der Waals surface area (Å²) in [6, 6.07) is 0.842. The van der Waals surface area contributed by atoms with Crippen molar-refractivity contribution < 1.29 is 14.1 Å². The van der Waals surface area contributed by atoms with Crippen LogP contribution in [-0.4, -0.2) is 48.1 Å². The van der Waals surface area contributed by atoms with Crippen LogP contribution in [0.3, 0.4) is 0 Å². The predicted molar refractivity (Wildman–Crippen MR) is 86.5 cm³/mol. The summed E-state index contributed by atoms with van der Waals surface area (Å²) in [5.41, 5.74) is 0. The quantitative estimate of drug-likeness (QED) is 0.589. The molecule has 124 valence electrons. The molecule has 0 bridgehead atoms. The maximum absolute atomic E-state index is 13.4. The van der Waals surface area contributed by atoms with Crippen molar-refractivity contribution >= 4 is 13.4 Å². The molecule has 6 heteroatoms. The highest BCUT2D eigenvalue weighted by atomic mass is 31.2. The lowest BCUT2D eigenvalue weighted by Gasteiger charge is -2.28. The number of fused-ring (bicyclic) bond motifs is 1. The molecule has 0 unspecified atom stereocenters. The first-order valence-corrected chi connectivity index (χ1v) is 10.0. The average Bonchev–Trinajstić information content (AvgIpc) is 2.93. The van der Waals surface area contributed by atoms with Gasteiger partial charge in [-0.15, -0.1) is 0 Å². The SMILES string of the molecule is C[C@@H]1C(=O)OC[C@H]1C/C=C/P1(=O)N(C)[C@@H]2CCCC[C@H]2N1C. The molecule has 2 saturated heterocycles. The van der Waals surface area contributed by atoms with Crippen LogP contribution in [0.5, 0.6) is 0 Å². The fourth-order valence-electron chi connectivity index (χ4n) is 4.12. The van der Waals surface area contributed by atoms with Gasteiger partial charge in [-0.25, -0.2) is 9.34 Å². The minimum absolute atomic E-state index is 0.0489. The second kappa shape index (κ2) is 6.10. The third kappa shape index (κ3) is 2.57. The molecule has 0 N–H and O–H groups in total. The number of carbonyl (C=O) groups excluding carboxylic acids is 1.